The minimum Gasteiger partial charge on any atom is -0.481 e. The maximum Gasteiger partial charge on any atom is 0.310 e. The molecule has 0 amide bonds. The van der Waals surface area contributed by atoms with E-state index in [0.29, 0.717) is 12.6 Å². The van der Waals surface area contributed by atoms with E-state index in [2.05, 4.69) is 11.6 Å². The summed E-state index contributed by atoms with van der Waals surface area (Å²) in [5.74, 6) is -0.724. The highest BCUT2D eigenvalue weighted by Crippen LogP contribution is 2.27. The highest BCUT2D eigenvalue weighted by molar-refractivity contribution is 7.99. The van der Waals surface area contributed by atoms with Gasteiger partial charge in [-0.15, -0.1) is 0 Å². The van der Waals surface area contributed by atoms with Gasteiger partial charge in [0.2, 0.25) is 0 Å². The predicted octanol–water partition coefficient (Wildman–Crippen LogP) is 2.36. The van der Waals surface area contributed by atoms with Gasteiger partial charge in [0.15, 0.2) is 0 Å². The van der Waals surface area contributed by atoms with Crippen molar-refractivity contribution in [2.75, 3.05) is 12.8 Å². The number of carbonyl (C=O) groups is 1. The Morgan fingerprint density at radius 2 is 1.94 bits per heavy atom. The summed E-state index contributed by atoms with van der Waals surface area (Å²) in [6, 6.07) is 0.516. The molecule has 0 aromatic carbocycles. The van der Waals surface area contributed by atoms with Gasteiger partial charge in [-0.3, -0.25) is 4.79 Å². The van der Waals surface area contributed by atoms with Crippen LogP contribution in [0.2, 0.25) is 0 Å². The van der Waals surface area contributed by atoms with Gasteiger partial charge in [0, 0.05) is 17.8 Å². The largest absolute Gasteiger partial charge is 0.481 e. The Morgan fingerprint density at radius 1 is 1.38 bits per heavy atom. The molecule has 1 aliphatic rings. The molecule has 0 aromatic rings. The van der Waals surface area contributed by atoms with Crippen LogP contribution in [-0.2, 0) is 4.79 Å². The smallest absolute Gasteiger partial charge is 0.310 e. The Kier molecular flexibility index (Phi) is 5.12. The second-order valence-corrected chi connectivity index (χ2v) is 6.42. The van der Waals surface area contributed by atoms with E-state index in [1.165, 1.54) is 25.7 Å². The molecule has 1 aliphatic carbocycles. The lowest BCUT2D eigenvalue weighted by molar-refractivity contribution is -0.146. The summed E-state index contributed by atoms with van der Waals surface area (Å²) in [6.45, 7) is 4.11. The lowest BCUT2D eigenvalue weighted by Gasteiger charge is -2.30. The lowest BCUT2D eigenvalue weighted by Crippen LogP contribution is -2.42. The van der Waals surface area contributed by atoms with Crippen molar-refractivity contribution in [1.82, 2.24) is 5.32 Å². The molecule has 0 unspecified atom stereocenters. The minimum atomic E-state index is -0.724. The average molecular weight is 245 g/mol. The van der Waals surface area contributed by atoms with Crippen LogP contribution >= 0.6 is 11.8 Å². The molecule has 4 heteroatoms. The molecule has 0 aliphatic heterocycles. The Balaban J connectivity index is 2.27. The van der Waals surface area contributed by atoms with Crippen molar-refractivity contribution in [2.24, 2.45) is 5.41 Å². The zero-order chi connectivity index (χ0) is 12.2. The molecule has 0 spiro atoms. The fourth-order valence-corrected chi connectivity index (χ4v) is 2.72. The molecule has 0 heterocycles. The van der Waals surface area contributed by atoms with Crippen molar-refractivity contribution < 1.29 is 9.90 Å². The van der Waals surface area contributed by atoms with E-state index in [1.807, 2.05) is 11.8 Å². The Bertz CT molecular complexity index is 235. The first-order valence-corrected chi connectivity index (χ1v) is 7.24. The van der Waals surface area contributed by atoms with E-state index in [0.717, 1.165) is 5.25 Å². The van der Waals surface area contributed by atoms with Gasteiger partial charge in [-0.1, -0.05) is 0 Å². The van der Waals surface area contributed by atoms with Crippen molar-refractivity contribution in [1.29, 1.82) is 0 Å². The van der Waals surface area contributed by atoms with Crippen LogP contribution in [0, 0.1) is 5.41 Å². The van der Waals surface area contributed by atoms with E-state index < -0.39 is 11.4 Å². The first-order chi connectivity index (χ1) is 7.45. The first-order valence-electron chi connectivity index (χ1n) is 5.95. The fraction of sp³-hybridized carbons (Fsp3) is 0.917. The highest BCUT2D eigenvalue weighted by atomic mass is 32.2. The summed E-state index contributed by atoms with van der Waals surface area (Å²) in [7, 11) is 0. The van der Waals surface area contributed by atoms with Crippen LogP contribution < -0.4 is 5.32 Å². The van der Waals surface area contributed by atoms with E-state index in [1.54, 1.807) is 13.8 Å². The predicted molar refractivity (Wildman–Crippen MR) is 69.0 cm³/mol. The number of hydrogen-bond donors (Lipinski definition) is 2. The average Bonchev–Trinajstić information content (AvgIpc) is 2.27. The van der Waals surface area contributed by atoms with Crippen LogP contribution in [0.5, 0.6) is 0 Å². The third-order valence-corrected chi connectivity index (χ3v) is 4.56. The van der Waals surface area contributed by atoms with Crippen LogP contribution in [0.1, 0.15) is 39.5 Å². The van der Waals surface area contributed by atoms with Crippen molar-refractivity contribution in [3.63, 3.8) is 0 Å². The second-order valence-electron chi connectivity index (χ2n) is 5.28. The monoisotopic (exact) mass is 245 g/mol. The zero-order valence-electron chi connectivity index (χ0n) is 10.5. The van der Waals surface area contributed by atoms with Crippen LogP contribution in [0.25, 0.3) is 0 Å². The van der Waals surface area contributed by atoms with Gasteiger partial charge in [0.05, 0.1) is 5.41 Å². The van der Waals surface area contributed by atoms with Crippen LogP contribution in [0.15, 0.2) is 0 Å². The Hall–Kier alpha value is -0.220. The molecule has 0 saturated heterocycles. The molecule has 1 rings (SSSR count). The van der Waals surface area contributed by atoms with Gasteiger partial charge in [-0.25, -0.2) is 0 Å². The number of thioether (sulfide) groups is 1. The normalized spacial score (nSPS) is 26.7. The lowest BCUT2D eigenvalue weighted by atomic mass is 9.91. The van der Waals surface area contributed by atoms with Gasteiger partial charge >= 0.3 is 5.97 Å². The third-order valence-electron chi connectivity index (χ3n) is 3.42. The van der Waals surface area contributed by atoms with Gasteiger partial charge in [0.25, 0.3) is 0 Å². The number of carboxylic acids is 1. The van der Waals surface area contributed by atoms with Crippen molar-refractivity contribution in [3.8, 4) is 0 Å². The number of nitrogens with one attached hydrogen (secondary N) is 1. The molecule has 2 N–H and O–H groups in total. The Labute approximate surface area is 102 Å². The summed E-state index contributed by atoms with van der Waals surface area (Å²) in [5, 5.41) is 13.2. The third kappa shape index (κ3) is 3.98. The van der Waals surface area contributed by atoms with Gasteiger partial charge in [-0.05, 0) is 45.8 Å². The summed E-state index contributed by atoms with van der Waals surface area (Å²) in [5.41, 5.74) is -0.656. The number of carboxylic acid groups (broad SMARTS) is 1. The topological polar surface area (TPSA) is 49.3 Å². The van der Waals surface area contributed by atoms with E-state index >= 15 is 0 Å². The molecular formula is C12H23NO2S. The zero-order valence-corrected chi connectivity index (χ0v) is 11.3. The molecule has 0 aromatic heterocycles. The molecule has 1 saturated carbocycles. The van der Waals surface area contributed by atoms with Crippen molar-refractivity contribution >= 4 is 17.7 Å². The summed E-state index contributed by atoms with van der Waals surface area (Å²) < 4.78 is 0. The minimum absolute atomic E-state index is 0.516. The SMILES string of the molecule is CSC1CCC(NCC(C)(C)C(=O)O)CC1. The standard InChI is InChI=1S/C12H23NO2S/c1-12(2,11(14)15)8-13-9-4-6-10(16-3)7-5-9/h9-10,13H,4-8H2,1-3H3,(H,14,15). The number of aliphatic carboxylic acids is 1. The fourth-order valence-electron chi connectivity index (χ4n) is 1.98. The molecular weight excluding hydrogens is 222 g/mol. The maximum atomic E-state index is 10.9. The number of hydrogen-bond acceptors (Lipinski definition) is 3. The molecule has 0 radical (unpaired) electrons. The van der Waals surface area contributed by atoms with Crippen LogP contribution in [0.3, 0.4) is 0 Å². The van der Waals surface area contributed by atoms with Crippen LogP contribution in [-0.4, -0.2) is 35.2 Å². The quantitative estimate of drug-likeness (QED) is 0.780. The van der Waals surface area contributed by atoms with Gasteiger partial charge in [-0.2, -0.15) is 11.8 Å². The summed E-state index contributed by atoms with van der Waals surface area (Å²) >= 11 is 1.95. The van der Waals surface area contributed by atoms with Crippen molar-refractivity contribution in [2.45, 2.75) is 50.8 Å². The molecule has 3 nitrogen and oxygen atoms in total. The maximum absolute atomic E-state index is 10.9. The first kappa shape index (κ1) is 13.8. The van der Waals surface area contributed by atoms with E-state index in [4.69, 9.17) is 5.11 Å². The van der Waals surface area contributed by atoms with Gasteiger partial charge in [0.1, 0.15) is 0 Å². The Morgan fingerprint density at radius 3 is 2.38 bits per heavy atom. The molecule has 94 valence electrons. The molecule has 0 atom stereocenters. The van der Waals surface area contributed by atoms with Gasteiger partial charge < -0.3 is 10.4 Å². The molecule has 1 fully saturated rings. The van der Waals surface area contributed by atoms with Crippen molar-refractivity contribution in [3.05, 3.63) is 0 Å². The second kappa shape index (κ2) is 5.92. The van der Waals surface area contributed by atoms with E-state index in [9.17, 15) is 4.79 Å². The summed E-state index contributed by atoms with van der Waals surface area (Å²) in [6.07, 6.45) is 7.05. The number of rotatable bonds is 5. The van der Waals surface area contributed by atoms with E-state index in [-0.39, 0.29) is 0 Å². The van der Waals surface area contributed by atoms with Crippen LogP contribution in [0.4, 0.5) is 0 Å². The molecule has 16 heavy (non-hydrogen) atoms. The molecule has 0 bridgehead atoms. The highest BCUT2D eigenvalue weighted by Gasteiger charge is 2.28. The summed E-state index contributed by atoms with van der Waals surface area (Å²) in [4.78, 5) is 10.9.